The van der Waals surface area contributed by atoms with Crippen LogP contribution in [-0.4, -0.2) is 33.5 Å². The first-order valence-electron chi connectivity index (χ1n) is 8.04. The maximum Gasteiger partial charge on any atom is 0.233 e. The Labute approximate surface area is 165 Å². The Morgan fingerprint density at radius 3 is 2.69 bits per heavy atom. The molecule has 2 rings (SSSR count). The second kappa shape index (κ2) is 11.9. The molecular formula is C17H21N3O3S3. The van der Waals surface area contributed by atoms with Gasteiger partial charge in [0, 0.05) is 34.9 Å². The third kappa shape index (κ3) is 7.76. The minimum Gasteiger partial charge on any atom is -0.495 e. The summed E-state index contributed by atoms with van der Waals surface area (Å²) in [6.07, 6.45) is 6.14. The van der Waals surface area contributed by atoms with Crippen LogP contribution in [0.15, 0.2) is 41.7 Å². The molecule has 0 aliphatic rings. The van der Waals surface area contributed by atoms with E-state index in [1.54, 1.807) is 54.4 Å². The average Bonchev–Trinajstić information content (AvgIpc) is 3.15. The first-order chi connectivity index (χ1) is 12.7. The zero-order valence-corrected chi connectivity index (χ0v) is 16.9. The highest BCUT2D eigenvalue weighted by atomic mass is 32.2. The number of nitrogens with zero attached hydrogens (tertiary/aromatic N) is 3. The van der Waals surface area contributed by atoms with Gasteiger partial charge in [-0.2, -0.15) is 23.5 Å². The minimum atomic E-state index is -0.354. The number of aromatic nitrogens is 2. The summed E-state index contributed by atoms with van der Waals surface area (Å²) in [4.78, 5) is 19.1. The lowest BCUT2D eigenvalue weighted by atomic mass is 10.2. The van der Waals surface area contributed by atoms with Crippen LogP contribution in [0.3, 0.4) is 0 Å². The van der Waals surface area contributed by atoms with Crippen LogP contribution < -0.4 is 4.74 Å². The monoisotopic (exact) mass is 411 g/mol. The quantitative estimate of drug-likeness (QED) is 0.286. The van der Waals surface area contributed by atoms with E-state index in [2.05, 4.69) is 9.97 Å². The second-order valence-electron chi connectivity index (χ2n) is 5.26. The summed E-state index contributed by atoms with van der Waals surface area (Å²) >= 11 is 5.10. The summed E-state index contributed by atoms with van der Waals surface area (Å²) in [5.41, 5.74) is 1.78. The number of allylic oxidation sites excluding steroid dienone is 1. The van der Waals surface area contributed by atoms with Crippen LogP contribution in [0.1, 0.15) is 23.5 Å². The molecule has 0 amide bonds. The van der Waals surface area contributed by atoms with Gasteiger partial charge < -0.3 is 4.74 Å². The molecule has 2 heterocycles. The van der Waals surface area contributed by atoms with Gasteiger partial charge in [-0.15, -0.1) is 11.3 Å². The van der Waals surface area contributed by atoms with Crippen LogP contribution in [0, 0.1) is 10.1 Å². The summed E-state index contributed by atoms with van der Waals surface area (Å²) in [7, 11) is 1.63. The van der Waals surface area contributed by atoms with E-state index in [9.17, 15) is 10.1 Å². The molecule has 140 valence electrons. The van der Waals surface area contributed by atoms with Gasteiger partial charge in [-0.25, -0.2) is 4.98 Å². The second-order valence-corrected chi connectivity index (χ2v) is 8.45. The van der Waals surface area contributed by atoms with Crippen molar-refractivity contribution in [1.82, 2.24) is 9.97 Å². The highest BCUT2D eigenvalue weighted by Crippen LogP contribution is 2.23. The lowest BCUT2D eigenvalue weighted by Gasteiger charge is -2.07. The zero-order chi connectivity index (χ0) is 18.6. The van der Waals surface area contributed by atoms with E-state index in [-0.39, 0.29) is 4.92 Å². The molecule has 0 aliphatic carbocycles. The molecule has 0 aliphatic heterocycles. The molecule has 0 radical (unpaired) electrons. The molecule has 26 heavy (non-hydrogen) atoms. The third-order valence-corrected chi connectivity index (χ3v) is 6.34. The van der Waals surface area contributed by atoms with Crippen molar-refractivity contribution in [3.63, 3.8) is 0 Å². The summed E-state index contributed by atoms with van der Waals surface area (Å²) in [5.74, 6) is 4.04. The zero-order valence-electron chi connectivity index (χ0n) is 14.5. The van der Waals surface area contributed by atoms with E-state index in [1.807, 2.05) is 17.5 Å². The van der Waals surface area contributed by atoms with E-state index in [1.165, 1.54) is 0 Å². The summed E-state index contributed by atoms with van der Waals surface area (Å²) in [6, 6.07) is 3.73. The fourth-order valence-electron chi connectivity index (χ4n) is 2.18. The van der Waals surface area contributed by atoms with Crippen LogP contribution in [0.2, 0.25) is 0 Å². The van der Waals surface area contributed by atoms with Crippen molar-refractivity contribution in [2.24, 2.45) is 0 Å². The van der Waals surface area contributed by atoms with E-state index < -0.39 is 0 Å². The fourth-order valence-corrected chi connectivity index (χ4v) is 4.86. The number of hydrogen-bond acceptors (Lipinski definition) is 8. The smallest absolute Gasteiger partial charge is 0.233 e. The van der Waals surface area contributed by atoms with Crippen molar-refractivity contribution in [3.8, 4) is 5.75 Å². The average molecular weight is 412 g/mol. The Kier molecular flexibility index (Phi) is 9.51. The van der Waals surface area contributed by atoms with Crippen LogP contribution in [0.4, 0.5) is 0 Å². The summed E-state index contributed by atoms with van der Waals surface area (Å²) in [5, 5.41) is 13.9. The Hall–Kier alpha value is -1.58. The number of methoxy groups -OCH3 is 1. The number of pyridine rings is 1. The van der Waals surface area contributed by atoms with Crippen LogP contribution in [0.25, 0.3) is 0 Å². The van der Waals surface area contributed by atoms with Gasteiger partial charge in [0.15, 0.2) is 0 Å². The van der Waals surface area contributed by atoms with E-state index in [0.29, 0.717) is 6.42 Å². The molecule has 0 atom stereocenters. The molecule has 0 unspecified atom stereocenters. The highest BCUT2D eigenvalue weighted by Gasteiger charge is 2.07. The molecule has 2 aromatic rings. The topological polar surface area (TPSA) is 78.2 Å². The summed E-state index contributed by atoms with van der Waals surface area (Å²) in [6.45, 7) is 0. The maximum absolute atomic E-state index is 10.8. The van der Waals surface area contributed by atoms with Crippen LogP contribution in [-0.2, 0) is 11.5 Å². The van der Waals surface area contributed by atoms with Crippen molar-refractivity contribution >= 4 is 34.9 Å². The Bertz CT molecular complexity index is 708. The predicted octanol–water partition coefficient (Wildman–Crippen LogP) is 4.65. The van der Waals surface area contributed by atoms with Gasteiger partial charge in [-0.05, 0) is 36.5 Å². The first-order valence-corrected chi connectivity index (χ1v) is 11.2. The molecule has 2 aromatic heterocycles. The van der Waals surface area contributed by atoms with Gasteiger partial charge in [-0.1, -0.05) is 0 Å². The Balaban J connectivity index is 1.72. The number of thioether (sulfide) groups is 2. The number of thiazole rings is 1. The maximum atomic E-state index is 10.8. The molecule has 6 nitrogen and oxygen atoms in total. The predicted molar refractivity (Wildman–Crippen MR) is 110 cm³/mol. The Morgan fingerprint density at radius 1 is 1.27 bits per heavy atom. The lowest BCUT2D eigenvalue weighted by molar-refractivity contribution is -0.403. The van der Waals surface area contributed by atoms with E-state index >= 15 is 0 Å². The normalized spacial score (nSPS) is 11.5. The van der Waals surface area contributed by atoms with E-state index in [4.69, 9.17) is 4.74 Å². The van der Waals surface area contributed by atoms with Crippen molar-refractivity contribution < 1.29 is 9.66 Å². The molecule has 0 aromatic carbocycles. The SMILES string of the molecule is COc1cccnc1CSCC/C(=C/[N+](=O)[O-])CCSCc1nccs1. The van der Waals surface area contributed by atoms with Crippen molar-refractivity contribution in [3.05, 3.63) is 62.5 Å². The molecule has 0 bridgehead atoms. The fraction of sp³-hybridized carbons (Fsp3) is 0.412. The third-order valence-electron chi connectivity index (χ3n) is 3.44. The van der Waals surface area contributed by atoms with Crippen molar-refractivity contribution in [2.75, 3.05) is 18.6 Å². The van der Waals surface area contributed by atoms with E-state index in [0.717, 1.165) is 57.7 Å². The number of hydrogen-bond donors (Lipinski definition) is 0. The largest absolute Gasteiger partial charge is 0.495 e. The van der Waals surface area contributed by atoms with Gasteiger partial charge >= 0.3 is 0 Å². The standard InChI is InChI=1S/C17H21N3O3S3/c1-23-16-3-2-6-18-15(16)12-24-8-4-14(11-20(21)22)5-9-25-13-17-19-7-10-26-17/h2-3,6-7,10-11H,4-5,8-9,12-13H2,1H3/b14-11-. The molecular weight excluding hydrogens is 390 g/mol. The Morgan fingerprint density at radius 2 is 2.04 bits per heavy atom. The molecule has 0 saturated heterocycles. The van der Waals surface area contributed by atoms with Crippen molar-refractivity contribution in [1.29, 1.82) is 0 Å². The van der Waals surface area contributed by atoms with Crippen LogP contribution >= 0.6 is 34.9 Å². The highest BCUT2D eigenvalue weighted by molar-refractivity contribution is 7.98. The van der Waals surface area contributed by atoms with Gasteiger partial charge in [0.2, 0.25) is 6.20 Å². The number of rotatable bonds is 12. The number of ether oxygens (including phenoxy) is 1. The molecule has 9 heteroatoms. The molecule has 0 fully saturated rings. The van der Waals surface area contributed by atoms with Crippen LogP contribution in [0.5, 0.6) is 5.75 Å². The van der Waals surface area contributed by atoms with Gasteiger partial charge in [0.05, 0.1) is 17.7 Å². The first kappa shape index (κ1) is 20.7. The van der Waals surface area contributed by atoms with Gasteiger partial charge in [0.25, 0.3) is 0 Å². The van der Waals surface area contributed by atoms with Gasteiger partial charge in [0.1, 0.15) is 10.8 Å². The summed E-state index contributed by atoms with van der Waals surface area (Å²) < 4.78 is 5.29. The van der Waals surface area contributed by atoms with Gasteiger partial charge in [-0.3, -0.25) is 15.1 Å². The number of nitro groups is 1. The minimum absolute atomic E-state index is 0.354. The van der Waals surface area contributed by atoms with Crippen molar-refractivity contribution in [2.45, 2.75) is 24.3 Å². The molecule has 0 spiro atoms. The molecule has 0 saturated carbocycles. The molecule has 0 N–H and O–H groups in total. The lowest BCUT2D eigenvalue weighted by Crippen LogP contribution is -1.97.